The molecule has 2 unspecified atom stereocenters. The maximum absolute atomic E-state index is 13.4. The number of ether oxygens (including phenoxy) is 1. The number of imidazole rings is 1. The van der Waals surface area contributed by atoms with Gasteiger partial charge in [-0.1, -0.05) is 62.4 Å². The Morgan fingerprint density at radius 1 is 1.08 bits per heavy atom. The molecule has 1 fully saturated rings. The number of amides is 3. The van der Waals surface area contributed by atoms with Crippen molar-refractivity contribution in [2.45, 2.75) is 38.8 Å². The summed E-state index contributed by atoms with van der Waals surface area (Å²) in [5.74, 6) is 0.281. The van der Waals surface area contributed by atoms with E-state index in [9.17, 15) is 19.2 Å². The molecule has 3 N–H and O–H groups in total. The van der Waals surface area contributed by atoms with Crippen LogP contribution in [0.5, 0.6) is 0 Å². The second kappa shape index (κ2) is 12.4. The normalized spacial score (nSPS) is 15.6. The van der Waals surface area contributed by atoms with Gasteiger partial charge >= 0.3 is 12.5 Å². The molecule has 2 heterocycles. The van der Waals surface area contributed by atoms with Crippen molar-refractivity contribution in [1.29, 1.82) is 0 Å². The molecule has 3 aromatic rings. The number of carbonyl (C=O) groups is 3. The molecule has 0 bridgehead atoms. The lowest BCUT2D eigenvalue weighted by Crippen LogP contribution is -2.51. The predicted molar refractivity (Wildman–Crippen MR) is 145 cm³/mol. The summed E-state index contributed by atoms with van der Waals surface area (Å²) in [6.45, 7) is 4.28. The van der Waals surface area contributed by atoms with Crippen LogP contribution in [0.3, 0.4) is 0 Å². The Kier molecular flexibility index (Phi) is 8.75. The highest BCUT2D eigenvalue weighted by atomic mass is 16.5. The second-order valence-electron chi connectivity index (χ2n) is 9.75. The predicted octanol–water partition coefficient (Wildman–Crippen LogP) is 3.63. The van der Waals surface area contributed by atoms with Crippen molar-refractivity contribution < 1.29 is 23.9 Å². The molecule has 2 aromatic carbocycles. The van der Waals surface area contributed by atoms with Crippen LogP contribution in [-0.4, -0.2) is 65.3 Å². The molecule has 0 aliphatic carbocycles. The first-order chi connectivity index (χ1) is 18.8. The van der Waals surface area contributed by atoms with Gasteiger partial charge in [-0.3, -0.25) is 14.4 Å². The monoisotopic (exact) mass is 530 g/mol. The molecule has 0 spiro atoms. The highest BCUT2D eigenvalue weighted by molar-refractivity contribution is 5.98. The molecule has 4 rings (SSSR count). The molecule has 2 atom stereocenters. The molecule has 3 amide bonds. The number of alkyl carbamates (subject to hydrolysis) is 1. The van der Waals surface area contributed by atoms with Gasteiger partial charge in [-0.25, -0.2) is 9.78 Å². The molecule has 1 aliphatic rings. The first-order valence-electron chi connectivity index (χ1n) is 12.9. The Labute approximate surface area is 227 Å². The number of nitrogens with zero attached hydrogens (tertiary/aromatic N) is 2. The van der Waals surface area contributed by atoms with E-state index in [2.05, 4.69) is 15.6 Å². The van der Waals surface area contributed by atoms with Gasteiger partial charge in [0.1, 0.15) is 11.9 Å². The molecule has 1 aliphatic heterocycles. The number of H-pyrrole nitrogens is 1. The summed E-state index contributed by atoms with van der Waals surface area (Å²) in [5, 5.41) is 4.92. The van der Waals surface area contributed by atoms with Crippen molar-refractivity contribution in [3.63, 3.8) is 0 Å². The van der Waals surface area contributed by atoms with Crippen molar-refractivity contribution in [2.24, 2.45) is 5.92 Å². The highest BCUT2D eigenvalue weighted by Gasteiger charge is 2.37. The van der Waals surface area contributed by atoms with Crippen LogP contribution in [0.4, 0.5) is 4.79 Å². The number of aromatic nitrogens is 2. The summed E-state index contributed by atoms with van der Waals surface area (Å²) in [7, 11) is 1.28. The summed E-state index contributed by atoms with van der Waals surface area (Å²) < 4.78 is 4.70. The molecular weight excluding hydrogens is 498 g/mol. The van der Waals surface area contributed by atoms with Crippen LogP contribution in [0.1, 0.15) is 48.9 Å². The van der Waals surface area contributed by atoms with E-state index in [1.165, 1.54) is 13.5 Å². The van der Waals surface area contributed by atoms with Crippen LogP contribution in [0, 0.1) is 5.92 Å². The zero-order valence-electron chi connectivity index (χ0n) is 22.2. The van der Waals surface area contributed by atoms with E-state index >= 15 is 0 Å². The third-order valence-corrected chi connectivity index (χ3v) is 6.88. The summed E-state index contributed by atoms with van der Waals surface area (Å²) in [6.07, 6.45) is 4.34. The minimum absolute atomic E-state index is 0.0847. The van der Waals surface area contributed by atoms with Gasteiger partial charge in [0.05, 0.1) is 25.4 Å². The average Bonchev–Trinajstić information content (AvgIpc) is 3.64. The topological polar surface area (TPSA) is 133 Å². The molecule has 1 saturated heterocycles. The maximum atomic E-state index is 13.4. The first-order valence-corrected chi connectivity index (χ1v) is 12.9. The number of ketones is 1. The fraction of sp³-hybridized carbons (Fsp3) is 0.345. The van der Waals surface area contributed by atoms with E-state index in [0.29, 0.717) is 17.9 Å². The number of rotatable bonds is 10. The number of aromatic amines is 1. The van der Waals surface area contributed by atoms with Crippen molar-refractivity contribution >= 4 is 24.2 Å². The Morgan fingerprint density at radius 3 is 2.33 bits per heavy atom. The second-order valence-corrected chi connectivity index (χ2v) is 9.75. The quantitative estimate of drug-likeness (QED) is 0.271. The van der Waals surface area contributed by atoms with Crippen molar-refractivity contribution in [1.82, 2.24) is 25.5 Å². The van der Waals surface area contributed by atoms with Gasteiger partial charge in [-0.2, -0.15) is 0 Å². The van der Waals surface area contributed by atoms with Crippen molar-refractivity contribution in [3.05, 3.63) is 66.1 Å². The van der Waals surface area contributed by atoms with Crippen LogP contribution in [0.2, 0.25) is 0 Å². The zero-order chi connectivity index (χ0) is 27.9. The van der Waals surface area contributed by atoms with Gasteiger partial charge in [0.25, 0.3) is 0 Å². The van der Waals surface area contributed by atoms with Gasteiger partial charge in [-0.05, 0) is 29.9 Å². The lowest BCUT2D eigenvalue weighted by molar-refractivity contribution is -0.135. The van der Waals surface area contributed by atoms with Crippen molar-refractivity contribution in [3.8, 4) is 22.4 Å². The van der Waals surface area contributed by atoms with E-state index in [-0.39, 0.29) is 30.2 Å². The molecule has 10 heteroatoms. The molecular formula is C29H32N5O5. The van der Waals surface area contributed by atoms with Gasteiger partial charge in [-0.15, -0.1) is 0 Å². The Balaban J connectivity index is 1.46. The largest absolute Gasteiger partial charge is 0.453 e. The van der Waals surface area contributed by atoms with Crippen LogP contribution in [-0.2, 0) is 14.3 Å². The maximum Gasteiger partial charge on any atom is 0.407 e. The molecule has 1 radical (unpaired) electrons. The average molecular weight is 531 g/mol. The zero-order valence-corrected chi connectivity index (χ0v) is 22.2. The number of Topliss-reactive ketones (excluding diaryl/α,β-unsaturated/α-hetero) is 1. The molecule has 0 saturated carbocycles. The highest BCUT2D eigenvalue weighted by Crippen LogP contribution is 2.33. The third kappa shape index (κ3) is 6.34. The number of hydrogen-bond donors (Lipinski definition) is 3. The first kappa shape index (κ1) is 27.6. The number of benzene rings is 2. The number of hydrogen-bond acceptors (Lipinski definition) is 6. The Morgan fingerprint density at radius 2 is 1.72 bits per heavy atom. The number of methoxy groups -OCH3 is 1. The number of carbonyl (C=O) groups excluding carboxylic acids is 4. The Bertz CT molecular complexity index is 1320. The minimum Gasteiger partial charge on any atom is -0.453 e. The lowest BCUT2D eigenvalue weighted by atomic mass is 10.0. The van der Waals surface area contributed by atoms with E-state index in [1.807, 2.05) is 56.4 Å². The van der Waals surface area contributed by atoms with Gasteiger partial charge < -0.3 is 25.3 Å². The van der Waals surface area contributed by atoms with Gasteiger partial charge in [0.2, 0.25) is 5.91 Å². The fourth-order valence-corrected chi connectivity index (χ4v) is 4.75. The van der Waals surface area contributed by atoms with E-state index in [0.717, 1.165) is 35.2 Å². The van der Waals surface area contributed by atoms with Crippen LogP contribution in [0.15, 0.2) is 54.7 Å². The van der Waals surface area contributed by atoms with Gasteiger partial charge in [0.15, 0.2) is 5.78 Å². The van der Waals surface area contributed by atoms with Gasteiger partial charge in [0, 0.05) is 23.9 Å². The van der Waals surface area contributed by atoms with E-state index in [1.54, 1.807) is 17.0 Å². The molecule has 1 aromatic heterocycles. The van der Waals surface area contributed by atoms with E-state index < -0.39 is 12.1 Å². The summed E-state index contributed by atoms with van der Waals surface area (Å²) >= 11 is 0. The lowest BCUT2D eigenvalue weighted by Gasteiger charge is -2.29. The Hall–Kier alpha value is -4.47. The van der Waals surface area contributed by atoms with E-state index in [4.69, 9.17) is 9.72 Å². The standard InChI is InChI=1S/C29H32N5O5/c1-18(2)26(33-29(38)39-3)28(37)34-14-4-5-24(34)27-31-15-23(32-27)21-10-6-19(7-11-21)20-8-12-22(13-9-20)25(36)16-30-17-35/h6-13,15,18,24,26H,4-5,14,16H2,1-3H3,(H,30,35)(H,31,32)(H,33,38). The molecule has 203 valence electrons. The SMILES string of the molecule is COC(=O)NC(C(=O)N1CCCC1c1nc(-c2ccc(-c3ccc(C(=O)CN[C]=O)cc3)cc2)c[nH]1)C(C)C. The smallest absolute Gasteiger partial charge is 0.407 e. The molecule has 39 heavy (non-hydrogen) atoms. The summed E-state index contributed by atoms with van der Waals surface area (Å²) in [6, 6.07) is 14.2. The van der Waals surface area contributed by atoms with Crippen LogP contribution in [0.25, 0.3) is 22.4 Å². The number of likely N-dealkylation sites (tertiary alicyclic amines) is 1. The molecule has 10 nitrogen and oxygen atoms in total. The minimum atomic E-state index is -0.682. The van der Waals surface area contributed by atoms with Crippen LogP contribution >= 0.6 is 0 Å². The number of nitrogens with one attached hydrogen (secondary N) is 3. The third-order valence-electron chi connectivity index (χ3n) is 6.88. The van der Waals surface area contributed by atoms with Crippen molar-refractivity contribution in [2.75, 3.05) is 20.2 Å². The summed E-state index contributed by atoms with van der Waals surface area (Å²) in [5.41, 5.74) is 4.15. The fourth-order valence-electron chi connectivity index (χ4n) is 4.75. The summed E-state index contributed by atoms with van der Waals surface area (Å²) in [4.78, 5) is 57.3. The van der Waals surface area contributed by atoms with Crippen LogP contribution < -0.4 is 10.6 Å².